The summed E-state index contributed by atoms with van der Waals surface area (Å²) in [4.78, 5) is 12.1. The number of hydrogen-bond donors (Lipinski definition) is 0. The molecule has 0 amide bonds. The van der Waals surface area contributed by atoms with Crippen LogP contribution in [-0.2, 0) is 16.1 Å². The Balaban J connectivity index is 1.57. The fourth-order valence-electron chi connectivity index (χ4n) is 2.85. The van der Waals surface area contributed by atoms with Gasteiger partial charge in [-0.05, 0) is 23.5 Å². The molecule has 3 rings (SSSR count). The summed E-state index contributed by atoms with van der Waals surface area (Å²) in [6.07, 6.45) is -1.50. The predicted molar refractivity (Wildman–Crippen MR) is 71.9 cm³/mol. The molecule has 2 aliphatic carbocycles. The van der Waals surface area contributed by atoms with Crippen molar-refractivity contribution >= 4 is 5.97 Å². The monoisotopic (exact) mass is 332 g/mol. The van der Waals surface area contributed by atoms with Gasteiger partial charge in [0.1, 0.15) is 12.4 Å². The third kappa shape index (κ3) is 3.01. The number of halogens is 4. The van der Waals surface area contributed by atoms with Gasteiger partial charge in [0.25, 0.3) is 12.3 Å². The summed E-state index contributed by atoms with van der Waals surface area (Å²) in [6.45, 7) is 3.36. The zero-order chi connectivity index (χ0) is 17.0. The van der Waals surface area contributed by atoms with Crippen LogP contribution in [0.15, 0.2) is 28.2 Å². The molecule has 0 aromatic carbocycles. The van der Waals surface area contributed by atoms with E-state index in [0.29, 0.717) is 0 Å². The molecule has 0 unspecified atom stereocenters. The molecule has 23 heavy (non-hydrogen) atoms. The van der Waals surface area contributed by atoms with E-state index in [2.05, 4.69) is 0 Å². The quantitative estimate of drug-likeness (QED) is 0.453. The van der Waals surface area contributed by atoms with E-state index in [1.54, 1.807) is 0 Å². The molecule has 1 aromatic heterocycles. The van der Waals surface area contributed by atoms with Crippen LogP contribution in [0.1, 0.15) is 38.2 Å². The van der Waals surface area contributed by atoms with E-state index in [-0.39, 0.29) is 30.3 Å². The van der Waals surface area contributed by atoms with E-state index >= 15 is 0 Å². The van der Waals surface area contributed by atoms with Gasteiger partial charge >= 0.3 is 5.97 Å². The van der Waals surface area contributed by atoms with Crippen LogP contribution < -0.4 is 0 Å². The molecule has 2 saturated carbocycles. The minimum absolute atomic E-state index is 0.0680. The molecule has 7 heteroatoms. The van der Waals surface area contributed by atoms with Crippen LogP contribution in [0, 0.1) is 17.3 Å². The van der Waals surface area contributed by atoms with Crippen LogP contribution in [0.25, 0.3) is 0 Å². The van der Waals surface area contributed by atoms with Gasteiger partial charge in [-0.1, -0.05) is 19.9 Å². The van der Waals surface area contributed by atoms with Crippen molar-refractivity contribution in [1.82, 2.24) is 0 Å². The molecular weight excluding hydrogens is 316 g/mol. The van der Waals surface area contributed by atoms with Gasteiger partial charge < -0.3 is 9.15 Å². The number of allylic oxidation sites excluding steroid dienone is 2. The second-order valence-corrected chi connectivity index (χ2v) is 6.61. The summed E-state index contributed by atoms with van der Waals surface area (Å²) in [6, 6.07) is 2.44. The van der Waals surface area contributed by atoms with Crippen molar-refractivity contribution in [3.05, 3.63) is 35.3 Å². The summed E-state index contributed by atoms with van der Waals surface area (Å²) < 4.78 is 60.6. The maximum Gasteiger partial charge on any atom is 0.310 e. The largest absolute Gasteiger partial charge is 0.457 e. The summed E-state index contributed by atoms with van der Waals surface area (Å²) >= 11 is 0. The number of hydrogen-bond acceptors (Lipinski definition) is 3. The molecule has 0 spiro atoms. The Kier molecular flexibility index (Phi) is 3.57. The average molecular weight is 332 g/mol. The smallest absolute Gasteiger partial charge is 0.310 e. The van der Waals surface area contributed by atoms with Gasteiger partial charge in [0.2, 0.25) is 0 Å². The fraction of sp³-hybridized carbons (Fsp3) is 0.562. The van der Waals surface area contributed by atoms with Crippen LogP contribution >= 0.6 is 0 Å². The van der Waals surface area contributed by atoms with Crippen LogP contribution in [0.4, 0.5) is 17.6 Å². The van der Waals surface area contributed by atoms with E-state index in [9.17, 15) is 22.4 Å². The molecule has 1 heterocycles. The zero-order valence-corrected chi connectivity index (χ0v) is 12.6. The molecule has 3 nitrogen and oxygen atoms in total. The minimum Gasteiger partial charge on any atom is -0.457 e. The van der Waals surface area contributed by atoms with E-state index in [0.717, 1.165) is 6.07 Å². The first kappa shape index (κ1) is 16.1. The number of esters is 1. The number of carbonyl (C=O) groups excluding carboxylic acids is 1. The molecule has 0 N–H and O–H groups in total. The lowest BCUT2D eigenvalue weighted by atomic mass is 10.1. The second-order valence-electron chi connectivity index (χ2n) is 6.61. The molecule has 0 saturated heterocycles. The van der Waals surface area contributed by atoms with Crippen LogP contribution in [0.5, 0.6) is 0 Å². The van der Waals surface area contributed by atoms with Crippen LogP contribution in [0.3, 0.4) is 0 Å². The molecule has 2 atom stereocenters. The van der Waals surface area contributed by atoms with Gasteiger partial charge in [-0.3, -0.25) is 4.79 Å². The number of furan rings is 1. The van der Waals surface area contributed by atoms with Crippen LogP contribution in [-0.4, -0.2) is 11.9 Å². The van der Waals surface area contributed by atoms with E-state index in [1.807, 2.05) is 13.8 Å². The molecule has 1 aromatic rings. The Labute approximate surface area is 130 Å². The topological polar surface area (TPSA) is 39.4 Å². The first-order valence-corrected chi connectivity index (χ1v) is 7.25. The van der Waals surface area contributed by atoms with Gasteiger partial charge in [-0.15, -0.1) is 0 Å². The Bertz CT molecular complexity index is 660. The van der Waals surface area contributed by atoms with E-state index in [4.69, 9.17) is 9.15 Å². The number of alkyl halides is 4. The van der Waals surface area contributed by atoms with E-state index < -0.39 is 35.4 Å². The van der Waals surface area contributed by atoms with Crippen molar-refractivity contribution in [2.45, 2.75) is 39.2 Å². The van der Waals surface area contributed by atoms with E-state index in [1.165, 1.54) is 12.1 Å². The zero-order valence-electron chi connectivity index (χ0n) is 12.6. The third-order valence-electron chi connectivity index (χ3n) is 4.56. The average Bonchev–Trinajstić information content (AvgIpc) is 3.11. The number of carbonyl (C=O) groups is 1. The molecule has 126 valence electrons. The predicted octanol–water partition coefficient (Wildman–Crippen LogP) is 4.50. The standard InChI is InChI=1S/C16H16F4O3/c1-15(2)10(5-8-6-16(8,19)20)12(15)14(21)22-7-9-3-4-11(23-9)13(17)18/h3-5,10,12-13H,6-7H2,1-2H3/b8-5-/t10-,12-/m0/s1. The molecule has 0 aliphatic heterocycles. The maximum atomic E-state index is 12.9. The lowest BCUT2D eigenvalue weighted by Crippen LogP contribution is -2.10. The first-order valence-electron chi connectivity index (χ1n) is 7.25. The van der Waals surface area contributed by atoms with Crippen molar-refractivity contribution in [2.24, 2.45) is 17.3 Å². The Morgan fingerprint density at radius 2 is 2.09 bits per heavy atom. The second kappa shape index (κ2) is 5.11. The summed E-state index contributed by atoms with van der Waals surface area (Å²) in [5.74, 6) is -4.41. The molecule has 0 bridgehead atoms. The minimum atomic E-state index is -2.73. The summed E-state index contributed by atoms with van der Waals surface area (Å²) in [7, 11) is 0. The Morgan fingerprint density at radius 3 is 2.61 bits per heavy atom. The highest BCUT2D eigenvalue weighted by Crippen LogP contribution is 2.62. The van der Waals surface area contributed by atoms with Crippen molar-refractivity contribution in [3.63, 3.8) is 0 Å². The van der Waals surface area contributed by atoms with Crippen LogP contribution in [0.2, 0.25) is 0 Å². The normalized spacial score (nSPS) is 28.9. The first-order chi connectivity index (χ1) is 10.6. The molecule has 0 radical (unpaired) electrons. The van der Waals surface area contributed by atoms with Gasteiger partial charge in [-0.25, -0.2) is 17.6 Å². The van der Waals surface area contributed by atoms with Crippen molar-refractivity contribution in [1.29, 1.82) is 0 Å². The number of ether oxygens (including phenoxy) is 1. The highest BCUT2D eigenvalue weighted by molar-refractivity contribution is 5.78. The lowest BCUT2D eigenvalue weighted by Gasteiger charge is -2.04. The number of rotatable bonds is 5. The van der Waals surface area contributed by atoms with Crippen molar-refractivity contribution < 1.29 is 31.5 Å². The third-order valence-corrected chi connectivity index (χ3v) is 4.56. The maximum absolute atomic E-state index is 12.9. The molecule has 2 aliphatic rings. The van der Waals surface area contributed by atoms with Crippen molar-refractivity contribution in [2.75, 3.05) is 0 Å². The highest BCUT2D eigenvalue weighted by Gasteiger charge is 2.63. The van der Waals surface area contributed by atoms with Gasteiger partial charge in [0, 0.05) is 12.0 Å². The van der Waals surface area contributed by atoms with Gasteiger partial charge in [0.15, 0.2) is 5.76 Å². The van der Waals surface area contributed by atoms with Gasteiger partial charge in [0.05, 0.1) is 5.92 Å². The highest BCUT2D eigenvalue weighted by atomic mass is 19.3. The van der Waals surface area contributed by atoms with Crippen molar-refractivity contribution in [3.8, 4) is 0 Å². The Hall–Kier alpha value is -1.79. The Morgan fingerprint density at radius 1 is 1.43 bits per heavy atom. The molecular formula is C16H16F4O3. The SMILES string of the molecule is CC1(C)[C@H](C(=O)OCc2ccc(C(F)F)o2)[C@@H]1/C=C1/CC1(F)F. The fourth-order valence-corrected chi connectivity index (χ4v) is 2.85. The molecule has 2 fully saturated rings. The van der Waals surface area contributed by atoms with Gasteiger partial charge in [-0.2, -0.15) is 0 Å². The lowest BCUT2D eigenvalue weighted by molar-refractivity contribution is -0.148. The summed E-state index contributed by atoms with van der Waals surface area (Å²) in [5, 5.41) is 0. The summed E-state index contributed by atoms with van der Waals surface area (Å²) in [5.41, 5.74) is -0.376.